The van der Waals surface area contributed by atoms with E-state index in [1.54, 1.807) is 16.9 Å². The molecule has 0 radical (unpaired) electrons. The minimum absolute atomic E-state index is 0.0278. The first-order valence-corrected chi connectivity index (χ1v) is 8.31. The number of amides is 1. The zero-order chi connectivity index (χ0) is 17.7. The van der Waals surface area contributed by atoms with Crippen molar-refractivity contribution in [1.82, 2.24) is 9.78 Å². The molecule has 1 aromatic heterocycles. The van der Waals surface area contributed by atoms with Gasteiger partial charge >= 0.3 is 0 Å². The quantitative estimate of drug-likeness (QED) is 0.875. The Hall–Kier alpha value is -2.30. The second-order valence-corrected chi connectivity index (χ2v) is 7.38. The lowest BCUT2D eigenvalue weighted by Gasteiger charge is -2.22. The SMILES string of the molecule is CC(C)Cn1nccc1NC(=O)COc1ccccc1C(C)(C)C. The zero-order valence-corrected chi connectivity index (χ0v) is 15.2. The van der Waals surface area contributed by atoms with Crippen LogP contribution in [0.3, 0.4) is 0 Å². The Kier molecular flexibility index (Phi) is 5.65. The van der Waals surface area contributed by atoms with Gasteiger partial charge in [0.2, 0.25) is 0 Å². The average molecular weight is 329 g/mol. The standard InChI is InChI=1S/C19H27N3O2/c1-14(2)12-22-17(10-11-20-22)21-18(23)13-24-16-9-7-6-8-15(16)19(3,4)5/h6-11,14H,12-13H2,1-5H3,(H,21,23). The molecule has 0 aliphatic rings. The van der Waals surface area contributed by atoms with Gasteiger partial charge in [0.1, 0.15) is 11.6 Å². The number of nitrogens with zero attached hydrogens (tertiary/aromatic N) is 2. The number of nitrogens with one attached hydrogen (secondary N) is 1. The van der Waals surface area contributed by atoms with Gasteiger partial charge in [0.15, 0.2) is 6.61 Å². The number of benzene rings is 1. The largest absolute Gasteiger partial charge is 0.483 e. The molecule has 1 amide bonds. The minimum Gasteiger partial charge on any atom is -0.483 e. The Morgan fingerprint density at radius 1 is 1.25 bits per heavy atom. The van der Waals surface area contributed by atoms with Crippen molar-refractivity contribution < 1.29 is 9.53 Å². The Bertz CT molecular complexity index is 684. The van der Waals surface area contributed by atoms with Crippen molar-refractivity contribution in [2.24, 2.45) is 5.92 Å². The fourth-order valence-electron chi connectivity index (χ4n) is 2.46. The summed E-state index contributed by atoms with van der Waals surface area (Å²) in [4.78, 5) is 12.2. The number of para-hydroxylation sites is 1. The van der Waals surface area contributed by atoms with Crippen molar-refractivity contribution in [2.75, 3.05) is 11.9 Å². The van der Waals surface area contributed by atoms with Crippen LogP contribution >= 0.6 is 0 Å². The molecule has 5 nitrogen and oxygen atoms in total. The maximum atomic E-state index is 12.2. The molecule has 0 fully saturated rings. The van der Waals surface area contributed by atoms with Gasteiger partial charge in [-0.15, -0.1) is 0 Å². The summed E-state index contributed by atoms with van der Waals surface area (Å²) in [6, 6.07) is 9.63. The van der Waals surface area contributed by atoms with Crippen LogP contribution in [0, 0.1) is 5.92 Å². The Labute approximate surface area is 144 Å². The van der Waals surface area contributed by atoms with Crippen molar-refractivity contribution in [1.29, 1.82) is 0 Å². The van der Waals surface area contributed by atoms with Crippen molar-refractivity contribution >= 4 is 11.7 Å². The number of anilines is 1. The second kappa shape index (κ2) is 7.51. The van der Waals surface area contributed by atoms with E-state index in [9.17, 15) is 4.79 Å². The third-order valence-electron chi connectivity index (χ3n) is 3.58. The number of hydrogen-bond donors (Lipinski definition) is 1. The van der Waals surface area contributed by atoms with E-state index < -0.39 is 0 Å². The smallest absolute Gasteiger partial charge is 0.263 e. The Morgan fingerprint density at radius 3 is 2.62 bits per heavy atom. The molecule has 2 rings (SSSR count). The summed E-state index contributed by atoms with van der Waals surface area (Å²) < 4.78 is 7.55. The second-order valence-electron chi connectivity index (χ2n) is 7.38. The van der Waals surface area contributed by atoms with Gasteiger partial charge in [-0.3, -0.25) is 4.79 Å². The summed E-state index contributed by atoms with van der Waals surface area (Å²) in [5.74, 6) is 1.71. The van der Waals surface area contributed by atoms with Crippen molar-refractivity contribution in [3.8, 4) is 5.75 Å². The van der Waals surface area contributed by atoms with Crippen LogP contribution in [0.4, 0.5) is 5.82 Å². The Morgan fingerprint density at radius 2 is 1.96 bits per heavy atom. The van der Waals surface area contributed by atoms with Crippen molar-refractivity contribution in [2.45, 2.75) is 46.6 Å². The summed E-state index contributed by atoms with van der Waals surface area (Å²) in [5.41, 5.74) is 1.05. The average Bonchev–Trinajstić information content (AvgIpc) is 2.90. The van der Waals surface area contributed by atoms with Crippen LogP contribution < -0.4 is 10.1 Å². The lowest BCUT2D eigenvalue weighted by Crippen LogP contribution is -2.23. The van der Waals surface area contributed by atoms with Gasteiger partial charge in [-0.2, -0.15) is 5.10 Å². The fraction of sp³-hybridized carbons (Fsp3) is 0.474. The lowest BCUT2D eigenvalue weighted by atomic mass is 9.86. The third kappa shape index (κ3) is 4.85. The summed E-state index contributed by atoms with van der Waals surface area (Å²) >= 11 is 0. The summed E-state index contributed by atoms with van der Waals surface area (Å²) in [6.45, 7) is 11.3. The molecule has 130 valence electrons. The highest BCUT2D eigenvalue weighted by molar-refractivity contribution is 5.91. The maximum absolute atomic E-state index is 12.2. The monoisotopic (exact) mass is 329 g/mol. The van der Waals surface area contributed by atoms with E-state index in [0.29, 0.717) is 11.7 Å². The van der Waals surface area contributed by atoms with Crippen LogP contribution in [0.15, 0.2) is 36.5 Å². The van der Waals surface area contributed by atoms with Crippen LogP contribution in [0.5, 0.6) is 5.75 Å². The van der Waals surface area contributed by atoms with Gasteiger partial charge < -0.3 is 10.1 Å². The van der Waals surface area contributed by atoms with Gasteiger partial charge in [-0.05, 0) is 23.0 Å². The van der Waals surface area contributed by atoms with Gasteiger partial charge in [0.05, 0.1) is 6.20 Å². The highest BCUT2D eigenvalue weighted by atomic mass is 16.5. The van der Waals surface area contributed by atoms with E-state index in [2.05, 4.69) is 45.0 Å². The molecule has 0 aliphatic heterocycles. The number of aromatic nitrogens is 2. The molecule has 5 heteroatoms. The van der Waals surface area contributed by atoms with E-state index in [4.69, 9.17) is 4.74 Å². The van der Waals surface area contributed by atoms with Crippen LogP contribution in [-0.4, -0.2) is 22.3 Å². The molecular weight excluding hydrogens is 302 g/mol. The minimum atomic E-state index is -0.191. The number of carbonyl (C=O) groups excluding carboxylic acids is 1. The summed E-state index contributed by atoms with van der Waals surface area (Å²) in [5, 5.41) is 7.10. The first kappa shape index (κ1) is 18.0. The molecule has 0 saturated heterocycles. The van der Waals surface area contributed by atoms with E-state index >= 15 is 0 Å². The number of hydrogen-bond acceptors (Lipinski definition) is 3. The van der Waals surface area contributed by atoms with E-state index in [-0.39, 0.29) is 17.9 Å². The van der Waals surface area contributed by atoms with E-state index in [1.165, 1.54) is 0 Å². The van der Waals surface area contributed by atoms with Crippen LogP contribution in [0.25, 0.3) is 0 Å². The molecule has 1 heterocycles. The predicted octanol–water partition coefficient (Wildman–Crippen LogP) is 3.85. The number of carbonyl (C=O) groups is 1. The molecule has 0 aliphatic carbocycles. The van der Waals surface area contributed by atoms with Crippen LogP contribution in [0.2, 0.25) is 0 Å². The first-order chi connectivity index (χ1) is 11.3. The van der Waals surface area contributed by atoms with Gasteiger partial charge in [-0.25, -0.2) is 4.68 Å². The van der Waals surface area contributed by atoms with Crippen LogP contribution in [0.1, 0.15) is 40.2 Å². The molecular formula is C19H27N3O2. The van der Waals surface area contributed by atoms with Crippen LogP contribution in [-0.2, 0) is 16.8 Å². The molecule has 0 unspecified atom stereocenters. The number of rotatable bonds is 6. The topological polar surface area (TPSA) is 56.2 Å². The third-order valence-corrected chi connectivity index (χ3v) is 3.58. The highest BCUT2D eigenvalue weighted by Gasteiger charge is 2.19. The van der Waals surface area contributed by atoms with Gasteiger partial charge in [-0.1, -0.05) is 52.8 Å². The molecule has 0 atom stereocenters. The Balaban J connectivity index is 1.99. The molecule has 0 saturated carbocycles. The van der Waals surface area contributed by atoms with Crippen molar-refractivity contribution in [3.05, 3.63) is 42.1 Å². The van der Waals surface area contributed by atoms with Gasteiger partial charge in [0, 0.05) is 12.6 Å². The molecule has 1 aromatic carbocycles. The molecule has 24 heavy (non-hydrogen) atoms. The molecule has 2 aromatic rings. The predicted molar refractivity (Wildman–Crippen MR) is 96.3 cm³/mol. The summed E-state index contributed by atoms with van der Waals surface area (Å²) in [7, 11) is 0. The normalized spacial score (nSPS) is 11.6. The zero-order valence-electron chi connectivity index (χ0n) is 15.2. The summed E-state index contributed by atoms with van der Waals surface area (Å²) in [6.07, 6.45) is 1.69. The highest BCUT2D eigenvalue weighted by Crippen LogP contribution is 2.30. The van der Waals surface area contributed by atoms with Gasteiger partial charge in [0.25, 0.3) is 5.91 Å². The van der Waals surface area contributed by atoms with Crippen molar-refractivity contribution in [3.63, 3.8) is 0 Å². The van der Waals surface area contributed by atoms with E-state index in [0.717, 1.165) is 17.9 Å². The first-order valence-electron chi connectivity index (χ1n) is 8.31. The molecule has 0 bridgehead atoms. The maximum Gasteiger partial charge on any atom is 0.263 e. The number of ether oxygens (including phenoxy) is 1. The fourth-order valence-corrected chi connectivity index (χ4v) is 2.46. The lowest BCUT2D eigenvalue weighted by molar-refractivity contribution is -0.118. The molecule has 0 spiro atoms. The molecule has 1 N–H and O–H groups in total. The van der Waals surface area contributed by atoms with E-state index in [1.807, 2.05) is 24.3 Å².